The molecule has 0 saturated heterocycles. The van der Waals surface area contributed by atoms with Gasteiger partial charge >= 0.3 is 5.69 Å². The number of ether oxygens (including phenoxy) is 2. The van der Waals surface area contributed by atoms with E-state index in [4.69, 9.17) is 20.9 Å². The van der Waals surface area contributed by atoms with Crippen LogP contribution in [0.1, 0.15) is 0 Å². The van der Waals surface area contributed by atoms with E-state index in [1.54, 1.807) is 12.1 Å². The smallest absolute Gasteiger partial charge is 0.353 e. The van der Waals surface area contributed by atoms with Crippen LogP contribution in [0.4, 0.5) is 17.2 Å². The zero-order valence-corrected chi connectivity index (χ0v) is 10.6. The Labute approximate surface area is 114 Å². The molecule has 0 unspecified atom stereocenters. The third-order valence-electron chi connectivity index (χ3n) is 2.46. The fourth-order valence-electron chi connectivity index (χ4n) is 1.61. The number of nitrogens with two attached hydrogens (primary N) is 2. The van der Waals surface area contributed by atoms with Crippen LogP contribution in [-0.2, 0) is 0 Å². The molecule has 104 valence electrons. The van der Waals surface area contributed by atoms with Gasteiger partial charge in [0.1, 0.15) is 11.5 Å². The van der Waals surface area contributed by atoms with Gasteiger partial charge in [-0.2, -0.15) is 0 Å². The van der Waals surface area contributed by atoms with Gasteiger partial charge in [0.05, 0.1) is 12.0 Å². The maximum Gasteiger partial charge on any atom is 0.353 e. The Kier molecular flexibility index (Phi) is 3.56. The van der Waals surface area contributed by atoms with Crippen molar-refractivity contribution >= 4 is 17.2 Å². The second-order valence-electron chi connectivity index (χ2n) is 3.84. The van der Waals surface area contributed by atoms with E-state index in [2.05, 4.69) is 4.98 Å². The Morgan fingerprint density at radius 3 is 2.60 bits per heavy atom. The minimum absolute atomic E-state index is 0.0184. The van der Waals surface area contributed by atoms with Gasteiger partial charge in [0.25, 0.3) is 0 Å². The molecule has 8 nitrogen and oxygen atoms in total. The predicted octanol–water partition coefficient (Wildman–Crippen LogP) is 1.96. The number of methoxy groups -OCH3 is 1. The maximum absolute atomic E-state index is 11.0. The number of rotatable bonds is 4. The normalized spacial score (nSPS) is 10.1. The van der Waals surface area contributed by atoms with Crippen LogP contribution in [0.3, 0.4) is 0 Å². The van der Waals surface area contributed by atoms with E-state index in [-0.39, 0.29) is 11.6 Å². The predicted molar refractivity (Wildman–Crippen MR) is 72.8 cm³/mol. The van der Waals surface area contributed by atoms with Gasteiger partial charge in [0, 0.05) is 36.1 Å². The molecule has 0 amide bonds. The molecule has 0 atom stereocenters. The monoisotopic (exact) mass is 276 g/mol. The Morgan fingerprint density at radius 1 is 1.25 bits per heavy atom. The largest absolute Gasteiger partial charge is 0.497 e. The molecule has 0 bridgehead atoms. The highest BCUT2D eigenvalue weighted by atomic mass is 16.6. The van der Waals surface area contributed by atoms with E-state index in [9.17, 15) is 10.1 Å². The van der Waals surface area contributed by atoms with Crippen LogP contribution < -0.4 is 20.9 Å². The summed E-state index contributed by atoms with van der Waals surface area (Å²) in [6, 6.07) is 6.02. The minimum atomic E-state index is -0.652. The van der Waals surface area contributed by atoms with Crippen molar-refractivity contribution in [1.82, 2.24) is 4.98 Å². The van der Waals surface area contributed by atoms with Gasteiger partial charge in [-0.05, 0) is 0 Å². The molecular formula is C12H12N4O4. The summed E-state index contributed by atoms with van der Waals surface area (Å²) in [4.78, 5) is 14.0. The first-order valence-electron chi connectivity index (χ1n) is 5.52. The Balaban J connectivity index is 2.42. The molecule has 1 aromatic carbocycles. The molecule has 0 spiro atoms. The quantitative estimate of drug-likeness (QED) is 0.496. The molecule has 8 heteroatoms. The van der Waals surface area contributed by atoms with Crippen molar-refractivity contribution in [3.8, 4) is 17.2 Å². The summed E-state index contributed by atoms with van der Waals surface area (Å²) in [6.45, 7) is 0. The van der Waals surface area contributed by atoms with E-state index in [0.29, 0.717) is 17.2 Å². The first-order valence-corrected chi connectivity index (χ1v) is 5.52. The van der Waals surface area contributed by atoms with Gasteiger partial charge in [0.2, 0.25) is 11.6 Å². The topological polar surface area (TPSA) is 127 Å². The van der Waals surface area contributed by atoms with Gasteiger partial charge in [-0.25, -0.2) is 4.98 Å². The highest BCUT2D eigenvalue weighted by Gasteiger charge is 2.21. The molecule has 0 radical (unpaired) electrons. The van der Waals surface area contributed by atoms with Gasteiger partial charge in [-0.15, -0.1) is 0 Å². The zero-order chi connectivity index (χ0) is 14.7. The summed E-state index contributed by atoms with van der Waals surface area (Å²) >= 11 is 0. The van der Waals surface area contributed by atoms with Gasteiger partial charge < -0.3 is 20.9 Å². The van der Waals surface area contributed by atoms with Crippen LogP contribution >= 0.6 is 0 Å². The van der Waals surface area contributed by atoms with Crippen LogP contribution in [0.15, 0.2) is 30.5 Å². The van der Waals surface area contributed by atoms with Crippen molar-refractivity contribution in [3.63, 3.8) is 0 Å². The van der Waals surface area contributed by atoms with Gasteiger partial charge in [-0.1, -0.05) is 0 Å². The molecule has 1 aromatic heterocycles. The molecule has 2 rings (SSSR count). The first-order chi connectivity index (χ1) is 9.51. The molecule has 20 heavy (non-hydrogen) atoms. The first kappa shape index (κ1) is 13.4. The molecule has 0 aliphatic rings. The number of nitro groups is 1. The Hall–Kier alpha value is -3.03. The number of nitrogens with zero attached hydrogens (tertiary/aromatic N) is 2. The molecule has 2 aromatic rings. The number of hydrogen-bond acceptors (Lipinski definition) is 7. The fourth-order valence-corrected chi connectivity index (χ4v) is 1.61. The van der Waals surface area contributed by atoms with E-state index < -0.39 is 10.6 Å². The number of nitrogen functional groups attached to an aromatic ring is 2. The van der Waals surface area contributed by atoms with Gasteiger partial charge in [0.15, 0.2) is 0 Å². The lowest BCUT2D eigenvalue weighted by molar-refractivity contribution is -0.384. The molecule has 0 aliphatic carbocycles. The summed E-state index contributed by atoms with van der Waals surface area (Å²) < 4.78 is 10.5. The van der Waals surface area contributed by atoms with Crippen LogP contribution in [0.5, 0.6) is 17.2 Å². The van der Waals surface area contributed by atoms with Crippen LogP contribution in [0.25, 0.3) is 0 Å². The van der Waals surface area contributed by atoms with Gasteiger partial charge in [-0.3, -0.25) is 10.1 Å². The van der Waals surface area contributed by atoms with Crippen molar-refractivity contribution in [3.05, 3.63) is 40.6 Å². The maximum atomic E-state index is 11.0. The highest BCUT2D eigenvalue weighted by Crippen LogP contribution is 2.36. The molecule has 0 saturated carbocycles. The number of pyridine rings is 1. The summed E-state index contributed by atoms with van der Waals surface area (Å²) in [5.74, 6) is 0.541. The molecule has 0 fully saturated rings. The standard InChI is InChI=1S/C12H12N4O4/c1-19-8-4-7(13)5-9(6-8)20-10-2-3-15-12(14)11(10)16(17)18/h2-6H,13H2,1H3,(H2,14,15). The van der Waals surface area contributed by atoms with Crippen molar-refractivity contribution in [2.45, 2.75) is 0 Å². The summed E-state index contributed by atoms with van der Waals surface area (Å²) in [5, 5.41) is 11.0. The lowest BCUT2D eigenvalue weighted by atomic mass is 10.3. The number of hydrogen-bond donors (Lipinski definition) is 2. The number of anilines is 2. The van der Waals surface area contributed by atoms with Crippen LogP contribution in [-0.4, -0.2) is 17.0 Å². The van der Waals surface area contributed by atoms with Crippen molar-refractivity contribution in [2.24, 2.45) is 0 Å². The third-order valence-corrected chi connectivity index (χ3v) is 2.46. The molecular weight excluding hydrogens is 264 g/mol. The SMILES string of the molecule is COc1cc(N)cc(Oc2ccnc(N)c2[N+](=O)[O-])c1. The Morgan fingerprint density at radius 2 is 1.95 bits per heavy atom. The molecule has 1 heterocycles. The van der Waals surface area contributed by atoms with Crippen LogP contribution in [0, 0.1) is 10.1 Å². The average Bonchev–Trinajstić information content (AvgIpc) is 2.37. The lowest BCUT2D eigenvalue weighted by Gasteiger charge is -2.09. The summed E-state index contributed by atoms with van der Waals surface area (Å²) in [5.41, 5.74) is 11.2. The van der Waals surface area contributed by atoms with Crippen molar-refractivity contribution in [1.29, 1.82) is 0 Å². The van der Waals surface area contributed by atoms with Crippen LogP contribution in [0.2, 0.25) is 0 Å². The summed E-state index contributed by atoms with van der Waals surface area (Å²) in [7, 11) is 1.48. The van der Waals surface area contributed by atoms with E-state index in [1.165, 1.54) is 25.4 Å². The number of benzene rings is 1. The molecule has 0 aliphatic heterocycles. The average molecular weight is 276 g/mol. The van der Waals surface area contributed by atoms with E-state index in [1.807, 2.05) is 0 Å². The third kappa shape index (κ3) is 2.69. The highest BCUT2D eigenvalue weighted by molar-refractivity contribution is 5.62. The summed E-state index contributed by atoms with van der Waals surface area (Å²) in [6.07, 6.45) is 1.32. The second kappa shape index (κ2) is 5.31. The van der Waals surface area contributed by atoms with Crippen molar-refractivity contribution in [2.75, 3.05) is 18.6 Å². The van der Waals surface area contributed by atoms with E-state index in [0.717, 1.165) is 0 Å². The number of aromatic nitrogens is 1. The van der Waals surface area contributed by atoms with E-state index >= 15 is 0 Å². The molecule has 4 N–H and O–H groups in total. The van der Waals surface area contributed by atoms with Crippen molar-refractivity contribution < 1.29 is 14.4 Å². The fraction of sp³-hybridized carbons (Fsp3) is 0.0833. The second-order valence-corrected chi connectivity index (χ2v) is 3.84. The lowest BCUT2D eigenvalue weighted by Crippen LogP contribution is -2.01. The Bertz CT molecular complexity index is 660. The zero-order valence-electron chi connectivity index (χ0n) is 10.6. The minimum Gasteiger partial charge on any atom is -0.497 e.